The van der Waals surface area contributed by atoms with Crippen molar-refractivity contribution in [2.75, 3.05) is 5.75 Å². The molecule has 1 saturated heterocycles. The zero-order valence-corrected chi connectivity index (χ0v) is 12.2. The van der Waals surface area contributed by atoms with E-state index in [1.165, 1.54) is 11.8 Å². The SMILES string of the molecule is CC(C)OC(=O)[C@@H]1[C@H](C=C2CCSC2=O)C1(C)C. The topological polar surface area (TPSA) is 43.4 Å². The smallest absolute Gasteiger partial charge is 0.310 e. The molecule has 3 nitrogen and oxygen atoms in total. The van der Waals surface area contributed by atoms with E-state index in [0.29, 0.717) is 0 Å². The fourth-order valence-corrected chi connectivity index (χ4v) is 3.42. The van der Waals surface area contributed by atoms with Gasteiger partial charge in [0.15, 0.2) is 0 Å². The van der Waals surface area contributed by atoms with Crippen molar-refractivity contribution in [3.63, 3.8) is 0 Å². The van der Waals surface area contributed by atoms with Gasteiger partial charge in [-0.1, -0.05) is 31.7 Å². The summed E-state index contributed by atoms with van der Waals surface area (Å²) < 4.78 is 5.27. The van der Waals surface area contributed by atoms with Crippen molar-refractivity contribution in [2.24, 2.45) is 17.3 Å². The van der Waals surface area contributed by atoms with Gasteiger partial charge in [0.1, 0.15) is 0 Å². The van der Waals surface area contributed by atoms with E-state index in [1.807, 2.05) is 19.9 Å². The van der Waals surface area contributed by atoms with Crippen molar-refractivity contribution in [3.8, 4) is 0 Å². The Labute approximate surface area is 112 Å². The third kappa shape index (κ3) is 2.48. The molecule has 1 heterocycles. The summed E-state index contributed by atoms with van der Waals surface area (Å²) in [7, 11) is 0. The predicted molar refractivity (Wildman–Crippen MR) is 72.2 cm³/mol. The van der Waals surface area contributed by atoms with Gasteiger partial charge in [0.25, 0.3) is 0 Å². The molecular weight excluding hydrogens is 248 g/mol. The second kappa shape index (κ2) is 4.72. The van der Waals surface area contributed by atoms with Crippen LogP contribution in [0.3, 0.4) is 0 Å². The van der Waals surface area contributed by atoms with Crippen LogP contribution in [0.1, 0.15) is 34.1 Å². The fraction of sp³-hybridized carbons (Fsp3) is 0.714. The van der Waals surface area contributed by atoms with Crippen molar-refractivity contribution < 1.29 is 14.3 Å². The van der Waals surface area contributed by atoms with Crippen LogP contribution in [0.2, 0.25) is 0 Å². The van der Waals surface area contributed by atoms with Gasteiger partial charge in [-0.15, -0.1) is 0 Å². The lowest BCUT2D eigenvalue weighted by atomic mass is 10.1. The van der Waals surface area contributed by atoms with E-state index >= 15 is 0 Å². The molecule has 0 aromatic rings. The van der Waals surface area contributed by atoms with E-state index in [9.17, 15) is 9.59 Å². The molecule has 0 aromatic carbocycles. The van der Waals surface area contributed by atoms with E-state index in [4.69, 9.17) is 4.74 Å². The summed E-state index contributed by atoms with van der Waals surface area (Å²) in [6.07, 6.45) is 2.77. The molecule has 0 amide bonds. The zero-order valence-electron chi connectivity index (χ0n) is 11.4. The van der Waals surface area contributed by atoms with Crippen LogP contribution in [-0.2, 0) is 14.3 Å². The molecule has 1 saturated carbocycles. The molecular formula is C14H20O3S. The Morgan fingerprint density at radius 1 is 1.50 bits per heavy atom. The second-order valence-corrected chi connectivity index (χ2v) is 6.96. The molecule has 0 aromatic heterocycles. The number of hydrogen-bond acceptors (Lipinski definition) is 4. The monoisotopic (exact) mass is 268 g/mol. The summed E-state index contributed by atoms with van der Waals surface area (Å²) in [6.45, 7) is 7.84. The van der Waals surface area contributed by atoms with Crippen LogP contribution in [0.4, 0.5) is 0 Å². The normalized spacial score (nSPS) is 32.1. The van der Waals surface area contributed by atoms with Gasteiger partial charge in [0.2, 0.25) is 5.12 Å². The summed E-state index contributed by atoms with van der Waals surface area (Å²) in [4.78, 5) is 23.5. The van der Waals surface area contributed by atoms with Crippen molar-refractivity contribution >= 4 is 22.8 Å². The molecule has 18 heavy (non-hydrogen) atoms. The number of ether oxygens (including phenoxy) is 1. The number of carbonyl (C=O) groups excluding carboxylic acids is 2. The minimum atomic E-state index is -0.130. The number of hydrogen-bond donors (Lipinski definition) is 0. The lowest BCUT2D eigenvalue weighted by molar-refractivity contribution is -0.150. The lowest BCUT2D eigenvalue weighted by Gasteiger charge is -2.08. The molecule has 100 valence electrons. The van der Waals surface area contributed by atoms with Crippen molar-refractivity contribution in [1.82, 2.24) is 0 Å². The molecule has 4 heteroatoms. The predicted octanol–water partition coefficient (Wildman–Crippen LogP) is 2.80. The van der Waals surface area contributed by atoms with Gasteiger partial charge in [0, 0.05) is 11.3 Å². The minimum Gasteiger partial charge on any atom is -0.463 e. The van der Waals surface area contributed by atoms with Crippen LogP contribution in [0.25, 0.3) is 0 Å². The van der Waals surface area contributed by atoms with Crippen molar-refractivity contribution in [1.29, 1.82) is 0 Å². The number of thioether (sulfide) groups is 1. The molecule has 0 bridgehead atoms. The van der Waals surface area contributed by atoms with E-state index in [0.717, 1.165) is 17.7 Å². The molecule has 2 fully saturated rings. The highest BCUT2D eigenvalue weighted by atomic mass is 32.2. The fourth-order valence-electron chi connectivity index (χ4n) is 2.56. The molecule has 0 N–H and O–H groups in total. The maximum atomic E-state index is 12.0. The third-order valence-corrected chi connectivity index (χ3v) is 4.70. The van der Waals surface area contributed by atoms with E-state index in [1.54, 1.807) is 0 Å². The second-order valence-electron chi connectivity index (χ2n) is 5.89. The van der Waals surface area contributed by atoms with Crippen LogP contribution in [0, 0.1) is 17.3 Å². The first kappa shape index (κ1) is 13.7. The first-order chi connectivity index (χ1) is 8.34. The van der Waals surface area contributed by atoms with Gasteiger partial charge in [-0.25, -0.2) is 0 Å². The van der Waals surface area contributed by atoms with Gasteiger partial charge in [-0.2, -0.15) is 0 Å². The molecule has 0 unspecified atom stereocenters. The first-order valence-electron chi connectivity index (χ1n) is 6.42. The molecule has 2 atom stereocenters. The summed E-state index contributed by atoms with van der Waals surface area (Å²) in [5.41, 5.74) is 0.810. The molecule has 0 radical (unpaired) electrons. The van der Waals surface area contributed by atoms with E-state index in [-0.39, 0.29) is 34.4 Å². The summed E-state index contributed by atoms with van der Waals surface area (Å²) in [6, 6.07) is 0. The first-order valence-corrected chi connectivity index (χ1v) is 7.41. The Morgan fingerprint density at radius 2 is 2.17 bits per heavy atom. The highest BCUT2D eigenvalue weighted by molar-refractivity contribution is 8.14. The number of esters is 1. The Balaban J connectivity index is 2.07. The van der Waals surface area contributed by atoms with Gasteiger partial charge >= 0.3 is 5.97 Å². The Kier molecular flexibility index (Phi) is 3.58. The average Bonchev–Trinajstić information content (AvgIpc) is 2.56. The quantitative estimate of drug-likeness (QED) is 0.583. The van der Waals surface area contributed by atoms with Crippen LogP contribution in [0.5, 0.6) is 0 Å². The van der Waals surface area contributed by atoms with Crippen molar-refractivity contribution in [2.45, 2.75) is 40.2 Å². The summed E-state index contributed by atoms with van der Waals surface area (Å²) in [5.74, 6) is 0.806. The lowest BCUT2D eigenvalue weighted by Crippen LogP contribution is -2.15. The number of carbonyl (C=O) groups is 2. The van der Waals surface area contributed by atoms with Crippen LogP contribution in [-0.4, -0.2) is 22.9 Å². The highest BCUT2D eigenvalue weighted by Crippen LogP contribution is 2.60. The summed E-state index contributed by atoms with van der Waals surface area (Å²) >= 11 is 1.37. The average molecular weight is 268 g/mol. The maximum Gasteiger partial charge on any atom is 0.310 e. The zero-order chi connectivity index (χ0) is 13.5. The van der Waals surface area contributed by atoms with Gasteiger partial charge in [0.05, 0.1) is 12.0 Å². The minimum absolute atomic E-state index is 0.0769. The van der Waals surface area contributed by atoms with Gasteiger partial charge in [-0.3, -0.25) is 9.59 Å². The van der Waals surface area contributed by atoms with Crippen molar-refractivity contribution in [3.05, 3.63) is 11.6 Å². The molecule has 2 rings (SSSR count). The Morgan fingerprint density at radius 3 is 2.67 bits per heavy atom. The molecule has 2 aliphatic rings. The largest absolute Gasteiger partial charge is 0.463 e. The van der Waals surface area contributed by atoms with Gasteiger partial charge in [-0.05, 0) is 31.6 Å². The highest BCUT2D eigenvalue weighted by Gasteiger charge is 2.61. The van der Waals surface area contributed by atoms with Crippen LogP contribution in [0.15, 0.2) is 11.6 Å². The third-order valence-electron chi connectivity index (χ3n) is 3.76. The maximum absolute atomic E-state index is 12.0. The number of allylic oxidation sites excluding steroid dienone is 1. The Bertz CT molecular complexity index is 409. The molecule has 1 aliphatic heterocycles. The standard InChI is InChI=1S/C14H20O3S/c1-8(2)17-12(15)11-10(14(11,3)4)7-9-5-6-18-13(9)16/h7-8,10-11H,5-6H2,1-4H3/t10-,11-/m0/s1. The van der Waals surface area contributed by atoms with E-state index in [2.05, 4.69) is 13.8 Å². The number of rotatable bonds is 3. The van der Waals surface area contributed by atoms with E-state index < -0.39 is 0 Å². The molecule has 0 spiro atoms. The summed E-state index contributed by atoms with van der Waals surface area (Å²) in [5, 5.41) is 0.175. The van der Waals surface area contributed by atoms with Crippen LogP contribution < -0.4 is 0 Å². The van der Waals surface area contributed by atoms with Crippen LogP contribution >= 0.6 is 11.8 Å². The Hall–Kier alpha value is -0.770. The molecule has 1 aliphatic carbocycles. The van der Waals surface area contributed by atoms with Gasteiger partial charge < -0.3 is 4.74 Å².